The van der Waals surface area contributed by atoms with Crippen LogP contribution in [-0.4, -0.2) is 17.5 Å². The van der Waals surface area contributed by atoms with E-state index >= 15 is 0 Å². The molecule has 2 nitrogen and oxygen atoms in total. The first kappa shape index (κ1) is 9.37. The van der Waals surface area contributed by atoms with Gasteiger partial charge in [-0.15, -0.1) is 6.58 Å². The Morgan fingerprint density at radius 3 is 2.50 bits per heavy atom. The Balaban J connectivity index is 4.04. The molecule has 0 aromatic carbocycles. The lowest BCUT2D eigenvalue weighted by atomic mass is 9.87. The molecule has 0 atom stereocenters. The van der Waals surface area contributed by atoms with Gasteiger partial charge in [0.05, 0.1) is 0 Å². The second-order valence-corrected chi connectivity index (χ2v) is 2.82. The van der Waals surface area contributed by atoms with Crippen LogP contribution in [0, 0.1) is 5.41 Å². The normalized spacial score (nSPS) is 11.1. The van der Waals surface area contributed by atoms with Crippen LogP contribution in [0.2, 0.25) is 0 Å². The summed E-state index contributed by atoms with van der Waals surface area (Å²) in [5.41, 5.74) is -0.483. The van der Waals surface area contributed by atoms with Crippen molar-refractivity contribution >= 4 is 5.78 Å². The number of carbonyl (C=O) groups is 1. The van der Waals surface area contributed by atoms with Gasteiger partial charge in [-0.2, -0.15) is 0 Å². The molecule has 0 aliphatic carbocycles. The van der Waals surface area contributed by atoms with Gasteiger partial charge in [-0.3, -0.25) is 4.79 Å². The fourth-order valence-electron chi connectivity index (χ4n) is 0.538. The summed E-state index contributed by atoms with van der Waals surface area (Å²) in [7, 11) is 0. The van der Waals surface area contributed by atoms with E-state index in [0.29, 0.717) is 0 Å². The number of aliphatic hydroxyl groups excluding tert-OH is 1. The lowest BCUT2D eigenvalue weighted by molar-refractivity contribution is -0.125. The van der Waals surface area contributed by atoms with Crippen LogP contribution in [0.15, 0.2) is 12.7 Å². The summed E-state index contributed by atoms with van der Waals surface area (Å²) < 4.78 is 0. The molecule has 0 spiro atoms. The number of ketones is 1. The molecule has 0 rings (SSSR count). The van der Waals surface area contributed by atoms with E-state index in [1.807, 2.05) is 0 Å². The number of rotatable bonds is 4. The number of Topliss-reactive ketones (excluding diaryl/α,β-unsaturated/α-hetero) is 1. The number of hydrogen-bond donors (Lipinski definition) is 1. The van der Waals surface area contributed by atoms with Gasteiger partial charge in [-0.25, -0.2) is 0 Å². The van der Waals surface area contributed by atoms with E-state index in [1.165, 1.54) is 0 Å². The van der Waals surface area contributed by atoms with Gasteiger partial charge < -0.3 is 5.11 Å². The van der Waals surface area contributed by atoms with Gasteiger partial charge >= 0.3 is 0 Å². The first-order valence-electron chi connectivity index (χ1n) is 3.32. The van der Waals surface area contributed by atoms with Crippen LogP contribution in [0.1, 0.15) is 20.3 Å². The summed E-state index contributed by atoms with van der Waals surface area (Å²) in [5.74, 6) is 0.0324. The maximum absolute atomic E-state index is 11.1. The van der Waals surface area contributed by atoms with Crippen molar-refractivity contribution in [1.29, 1.82) is 0 Å². The predicted octanol–water partition coefficient (Wildman–Crippen LogP) is 1.15. The van der Waals surface area contributed by atoms with Crippen molar-refractivity contribution in [3.63, 3.8) is 0 Å². The Labute approximate surface area is 61.6 Å². The molecule has 0 bridgehead atoms. The summed E-state index contributed by atoms with van der Waals surface area (Å²) in [6, 6.07) is 0. The Morgan fingerprint density at radius 2 is 2.20 bits per heavy atom. The van der Waals surface area contributed by atoms with Gasteiger partial charge in [0.25, 0.3) is 0 Å². The molecule has 2 heteroatoms. The minimum atomic E-state index is -0.483. The third-order valence-corrected chi connectivity index (χ3v) is 1.57. The van der Waals surface area contributed by atoms with E-state index in [0.717, 1.165) is 0 Å². The molecule has 0 aliphatic heterocycles. The molecule has 0 heterocycles. The third kappa shape index (κ3) is 2.31. The molecule has 0 aromatic rings. The summed E-state index contributed by atoms with van der Waals surface area (Å²) >= 11 is 0. The maximum Gasteiger partial charge on any atom is 0.144 e. The molecule has 0 saturated carbocycles. The Kier molecular flexibility index (Phi) is 3.30. The highest BCUT2D eigenvalue weighted by atomic mass is 16.3. The van der Waals surface area contributed by atoms with Crippen molar-refractivity contribution in [1.82, 2.24) is 0 Å². The fourth-order valence-corrected chi connectivity index (χ4v) is 0.538. The SMILES string of the molecule is C=CC(C)(C)C(=O)CCO. The molecule has 0 aromatic heterocycles. The van der Waals surface area contributed by atoms with Crippen molar-refractivity contribution in [3.8, 4) is 0 Å². The highest BCUT2D eigenvalue weighted by molar-refractivity contribution is 5.85. The van der Waals surface area contributed by atoms with Crippen LogP contribution in [0.3, 0.4) is 0 Å². The molecule has 0 radical (unpaired) electrons. The molecule has 58 valence electrons. The fraction of sp³-hybridized carbons (Fsp3) is 0.625. The quantitative estimate of drug-likeness (QED) is 0.598. The summed E-state index contributed by atoms with van der Waals surface area (Å²) in [4.78, 5) is 11.1. The lowest BCUT2D eigenvalue weighted by Gasteiger charge is -2.16. The van der Waals surface area contributed by atoms with E-state index in [-0.39, 0.29) is 18.8 Å². The lowest BCUT2D eigenvalue weighted by Crippen LogP contribution is -2.21. The number of carbonyl (C=O) groups excluding carboxylic acids is 1. The van der Waals surface area contributed by atoms with E-state index in [4.69, 9.17) is 5.11 Å². The second kappa shape index (κ2) is 3.52. The molecular formula is C8H14O2. The molecule has 0 unspecified atom stereocenters. The minimum absolute atomic E-state index is 0.0324. The smallest absolute Gasteiger partial charge is 0.144 e. The van der Waals surface area contributed by atoms with Crippen molar-refractivity contribution in [2.75, 3.05) is 6.61 Å². The Morgan fingerprint density at radius 1 is 1.70 bits per heavy atom. The van der Waals surface area contributed by atoms with Crippen molar-refractivity contribution in [2.45, 2.75) is 20.3 Å². The van der Waals surface area contributed by atoms with E-state index in [1.54, 1.807) is 19.9 Å². The number of aliphatic hydroxyl groups is 1. The highest BCUT2D eigenvalue weighted by Gasteiger charge is 2.21. The van der Waals surface area contributed by atoms with Crippen molar-refractivity contribution < 1.29 is 9.90 Å². The van der Waals surface area contributed by atoms with Crippen LogP contribution in [-0.2, 0) is 4.79 Å². The van der Waals surface area contributed by atoms with E-state index in [2.05, 4.69) is 6.58 Å². The van der Waals surface area contributed by atoms with Crippen molar-refractivity contribution in [3.05, 3.63) is 12.7 Å². The molecule has 0 fully saturated rings. The number of allylic oxidation sites excluding steroid dienone is 1. The monoisotopic (exact) mass is 142 g/mol. The van der Waals surface area contributed by atoms with Gasteiger partial charge in [-0.05, 0) is 13.8 Å². The molecular weight excluding hydrogens is 128 g/mol. The molecule has 10 heavy (non-hydrogen) atoms. The zero-order chi connectivity index (χ0) is 8.20. The first-order valence-corrected chi connectivity index (χ1v) is 3.32. The topological polar surface area (TPSA) is 37.3 Å². The zero-order valence-corrected chi connectivity index (χ0v) is 6.55. The second-order valence-electron chi connectivity index (χ2n) is 2.82. The Hall–Kier alpha value is -0.630. The van der Waals surface area contributed by atoms with Gasteiger partial charge in [0.2, 0.25) is 0 Å². The molecule has 1 N–H and O–H groups in total. The largest absolute Gasteiger partial charge is 0.396 e. The first-order chi connectivity index (χ1) is 4.54. The van der Waals surface area contributed by atoms with E-state index < -0.39 is 5.41 Å². The van der Waals surface area contributed by atoms with Gasteiger partial charge in [0.1, 0.15) is 5.78 Å². The third-order valence-electron chi connectivity index (χ3n) is 1.57. The summed E-state index contributed by atoms with van der Waals surface area (Å²) in [6.45, 7) is 7.04. The number of hydrogen-bond acceptors (Lipinski definition) is 2. The van der Waals surface area contributed by atoms with Gasteiger partial charge in [-0.1, -0.05) is 6.08 Å². The maximum atomic E-state index is 11.1. The minimum Gasteiger partial charge on any atom is -0.396 e. The van der Waals surface area contributed by atoms with Crippen LogP contribution in [0.4, 0.5) is 0 Å². The van der Waals surface area contributed by atoms with Crippen LogP contribution in [0.5, 0.6) is 0 Å². The summed E-state index contributed by atoms with van der Waals surface area (Å²) in [5, 5.41) is 8.44. The Bertz CT molecular complexity index is 136. The highest BCUT2D eigenvalue weighted by Crippen LogP contribution is 2.18. The average molecular weight is 142 g/mol. The zero-order valence-electron chi connectivity index (χ0n) is 6.55. The van der Waals surface area contributed by atoms with Crippen molar-refractivity contribution in [2.24, 2.45) is 5.41 Å². The van der Waals surface area contributed by atoms with Gasteiger partial charge in [0, 0.05) is 18.4 Å². The summed E-state index contributed by atoms with van der Waals surface area (Å²) in [6.07, 6.45) is 1.82. The van der Waals surface area contributed by atoms with Crippen LogP contribution in [0.25, 0.3) is 0 Å². The average Bonchev–Trinajstić information content (AvgIpc) is 1.89. The molecule has 0 amide bonds. The standard InChI is InChI=1S/C8H14O2/c1-4-8(2,3)7(10)5-6-9/h4,9H,1,5-6H2,2-3H3. The van der Waals surface area contributed by atoms with Crippen LogP contribution < -0.4 is 0 Å². The van der Waals surface area contributed by atoms with Gasteiger partial charge in [0.15, 0.2) is 0 Å². The predicted molar refractivity (Wildman–Crippen MR) is 40.7 cm³/mol. The molecule has 0 aliphatic rings. The van der Waals surface area contributed by atoms with E-state index in [9.17, 15) is 4.79 Å². The molecule has 0 saturated heterocycles. The van der Waals surface area contributed by atoms with Crippen LogP contribution >= 0.6 is 0 Å².